The predicted molar refractivity (Wildman–Crippen MR) is 76.8 cm³/mol. The molecule has 0 aliphatic heterocycles. The van der Waals surface area contributed by atoms with Gasteiger partial charge in [-0.05, 0) is 65.2 Å². The number of alkyl carbamates (subject to hydrolysis) is 1. The Labute approximate surface area is 125 Å². The number of rotatable bonds is 3. The molecule has 0 heterocycles. The maximum absolute atomic E-state index is 12.0. The van der Waals surface area contributed by atoms with Crippen LogP contribution in [-0.4, -0.2) is 28.8 Å². The van der Waals surface area contributed by atoms with Gasteiger partial charge in [0.15, 0.2) is 0 Å². The Morgan fingerprint density at radius 1 is 1.19 bits per heavy atom. The van der Waals surface area contributed by atoms with Crippen LogP contribution in [0.3, 0.4) is 0 Å². The number of amides is 1. The van der Waals surface area contributed by atoms with Crippen LogP contribution in [0.1, 0.15) is 53.4 Å². The van der Waals surface area contributed by atoms with Gasteiger partial charge in [0.1, 0.15) is 5.60 Å². The van der Waals surface area contributed by atoms with E-state index in [-0.39, 0.29) is 11.5 Å². The second kappa shape index (κ2) is 4.14. The number of nitrogens with one attached hydrogen (secondary N) is 1. The van der Waals surface area contributed by atoms with Gasteiger partial charge >= 0.3 is 12.1 Å². The van der Waals surface area contributed by atoms with Gasteiger partial charge < -0.3 is 15.2 Å². The van der Waals surface area contributed by atoms with Gasteiger partial charge in [-0.3, -0.25) is 4.79 Å². The number of aliphatic carboxylic acids is 1. The Balaban J connectivity index is 1.77. The molecule has 21 heavy (non-hydrogen) atoms. The van der Waals surface area contributed by atoms with Crippen molar-refractivity contribution in [2.45, 2.75) is 65.0 Å². The molecule has 0 saturated heterocycles. The normalized spacial score (nSPS) is 41.3. The molecule has 2 N–H and O–H groups in total. The van der Waals surface area contributed by atoms with Crippen molar-refractivity contribution in [1.82, 2.24) is 5.32 Å². The number of carbonyl (C=O) groups is 2. The zero-order valence-corrected chi connectivity index (χ0v) is 13.2. The second-order valence-corrected chi connectivity index (χ2v) is 8.25. The van der Waals surface area contributed by atoms with Gasteiger partial charge in [-0.25, -0.2) is 4.79 Å². The third-order valence-electron chi connectivity index (χ3n) is 6.07. The van der Waals surface area contributed by atoms with E-state index in [1.54, 1.807) is 0 Å². The molecule has 5 heteroatoms. The smallest absolute Gasteiger partial charge is 0.407 e. The fraction of sp³-hybridized carbons (Fsp3) is 0.875. The molecular formula is C16H25NO4. The van der Waals surface area contributed by atoms with Crippen molar-refractivity contribution in [3.63, 3.8) is 0 Å². The lowest BCUT2D eigenvalue weighted by Crippen LogP contribution is -2.53. The molecular weight excluding hydrogens is 270 g/mol. The number of carboxylic acids is 1. The number of carboxylic acid groups (broad SMARTS) is 1. The molecule has 3 atom stereocenters. The summed E-state index contributed by atoms with van der Waals surface area (Å²) in [4.78, 5) is 23.9. The lowest BCUT2D eigenvalue weighted by Gasteiger charge is -2.42. The number of hydrogen-bond donors (Lipinski definition) is 2. The molecule has 5 nitrogen and oxygen atoms in total. The van der Waals surface area contributed by atoms with Crippen LogP contribution in [0.5, 0.6) is 0 Å². The average molecular weight is 295 g/mol. The molecule has 1 amide bonds. The largest absolute Gasteiger partial charge is 0.481 e. The first-order chi connectivity index (χ1) is 9.60. The molecule has 0 spiro atoms. The van der Waals surface area contributed by atoms with Gasteiger partial charge in [0, 0.05) is 11.5 Å². The van der Waals surface area contributed by atoms with E-state index in [4.69, 9.17) is 4.74 Å². The molecule has 118 valence electrons. The van der Waals surface area contributed by atoms with Gasteiger partial charge in [0.05, 0.1) is 5.41 Å². The van der Waals surface area contributed by atoms with E-state index < -0.39 is 23.1 Å². The topological polar surface area (TPSA) is 75.6 Å². The van der Waals surface area contributed by atoms with Crippen LogP contribution in [0.15, 0.2) is 0 Å². The Hall–Kier alpha value is -1.26. The summed E-state index contributed by atoms with van der Waals surface area (Å²) in [5.74, 6) is 0.385. The molecule has 4 aliphatic rings. The second-order valence-electron chi connectivity index (χ2n) is 8.25. The van der Waals surface area contributed by atoms with Crippen molar-refractivity contribution >= 4 is 12.1 Å². The fourth-order valence-corrected chi connectivity index (χ4v) is 5.38. The maximum Gasteiger partial charge on any atom is 0.407 e. The minimum atomic E-state index is -0.678. The Morgan fingerprint density at radius 3 is 2.14 bits per heavy atom. The molecule has 4 bridgehead atoms. The Morgan fingerprint density at radius 2 is 1.71 bits per heavy atom. The van der Waals surface area contributed by atoms with Crippen LogP contribution in [0.25, 0.3) is 0 Å². The highest BCUT2D eigenvalue weighted by atomic mass is 16.6. The van der Waals surface area contributed by atoms with Gasteiger partial charge in [0.25, 0.3) is 0 Å². The molecule has 4 fully saturated rings. The molecule has 0 radical (unpaired) electrons. The number of carbonyl (C=O) groups excluding carboxylic acids is 1. The van der Waals surface area contributed by atoms with Crippen molar-refractivity contribution in [2.75, 3.05) is 0 Å². The minimum absolute atomic E-state index is 0.166. The molecule has 3 unspecified atom stereocenters. The predicted octanol–water partition coefficient (Wildman–Crippen LogP) is 2.79. The quantitative estimate of drug-likeness (QED) is 0.839. The van der Waals surface area contributed by atoms with Crippen molar-refractivity contribution in [3.8, 4) is 0 Å². The third kappa shape index (κ3) is 1.89. The number of ether oxygens (including phenoxy) is 1. The van der Waals surface area contributed by atoms with E-state index in [9.17, 15) is 14.7 Å². The average Bonchev–Trinajstić information content (AvgIpc) is 2.95. The van der Waals surface area contributed by atoms with Gasteiger partial charge in [0.2, 0.25) is 0 Å². The summed E-state index contributed by atoms with van der Waals surface area (Å²) in [6.45, 7) is 7.42. The summed E-state index contributed by atoms with van der Waals surface area (Å²) >= 11 is 0. The van der Waals surface area contributed by atoms with E-state index in [2.05, 4.69) is 5.32 Å². The lowest BCUT2D eigenvalue weighted by atomic mass is 9.64. The SMILES string of the molecule is CC(NC(=O)OC(C)(C)C)C12CC3CC1(C(=O)O)CC3C2. The minimum Gasteiger partial charge on any atom is -0.481 e. The monoisotopic (exact) mass is 295 g/mol. The zero-order chi connectivity index (χ0) is 15.6. The maximum atomic E-state index is 12.0. The highest BCUT2D eigenvalue weighted by Crippen LogP contribution is 2.77. The zero-order valence-electron chi connectivity index (χ0n) is 13.2. The van der Waals surface area contributed by atoms with E-state index in [0.717, 1.165) is 25.7 Å². The lowest BCUT2D eigenvalue weighted by molar-refractivity contribution is -0.155. The summed E-state index contributed by atoms with van der Waals surface area (Å²) in [5.41, 5.74) is -1.45. The van der Waals surface area contributed by atoms with Gasteiger partial charge in [-0.15, -0.1) is 0 Å². The summed E-state index contributed by atoms with van der Waals surface area (Å²) < 4.78 is 5.32. The van der Waals surface area contributed by atoms with Crippen LogP contribution < -0.4 is 5.32 Å². The highest BCUT2D eigenvalue weighted by Gasteiger charge is 2.76. The third-order valence-corrected chi connectivity index (χ3v) is 6.07. The fourth-order valence-electron chi connectivity index (χ4n) is 5.38. The van der Waals surface area contributed by atoms with Crippen LogP contribution in [-0.2, 0) is 9.53 Å². The molecule has 0 aromatic heterocycles. The first kappa shape index (κ1) is 14.7. The molecule has 0 aromatic carbocycles. The van der Waals surface area contributed by atoms with Crippen LogP contribution in [0, 0.1) is 22.7 Å². The van der Waals surface area contributed by atoms with E-state index in [1.807, 2.05) is 27.7 Å². The van der Waals surface area contributed by atoms with Crippen molar-refractivity contribution in [2.24, 2.45) is 22.7 Å². The summed E-state index contributed by atoms with van der Waals surface area (Å²) in [6.07, 6.45) is 2.99. The molecule has 0 aromatic rings. The van der Waals surface area contributed by atoms with E-state index in [0.29, 0.717) is 11.8 Å². The molecule has 4 saturated carbocycles. The van der Waals surface area contributed by atoms with Crippen LogP contribution in [0.2, 0.25) is 0 Å². The highest BCUT2D eigenvalue weighted by molar-refractivity contribution is 5.79. The summed E-state index contributed by atoms with van der Waals surface area (Å²) in [6, 6.07) is -0.166. The van der Waals surface area contributed by atoms with Crippen LogP contribution in [0.4, 0.5) is 4.79 Å². The van der Waals surface area contributed by atoms with Gasteiger partial charge in [-0.1, -0.05) is 0 Å². The van der Waals surface area contributed by atoms with Crippen molar-refractivity contribution in [3.05, 3.63) is 0 Å². The number of hydrogen-bond acceptors (Lipinski definition) is 3. The Kier molecular flexibility index (Phi) is 2.89. The summed E-state index contributed by atoms with van der Waals surface area (Å²) in [7, 11) is 0. The molecule has 4 rings (SSSR count). The van der Waals surface area contributed by atoms with Crippen molar-refractivity contribution in [1.29, 1.82) is 0 Å². The Bertz CT molecular complexity index is 479. The first-order valence-electron chi connectivity index (χ1n) is 7.83. The standard InChI is InChI=1S/C16H25NO4/c1-9(17-13(20)21-14(2,3)4)15-5-10-7-16(15,12(18)19)8-11(10)6-15/h9-11H,5-8H2,1-4H3,(H,17,20)(H,18,19). The van der Waals surface area contributed by atoms with E-state index >= 15 is 0 Å². The van der Waals surface area contributed by atoms with E-state index in [1.165, 1.54) is 0 Å². The van der Waals surface area contributed by atoms with Crippen LogP contribution >= 0.6 is 0 Å². The first-order valence-corrected chi connectivity index (χ1v) is 7.83. The summed E-state index contributed by atoms with van der Waals surface area (Å²) in [5, 5.41) is 12.7. The van der Waals surface area contributed by atoms with Gasteiger partial charge in [-0.2, -0.15) is 0 Å². The van der Waals surface area contributed by atoms with Crippen molar-refractivity contribution < 1.29 is 19.4 Å². The molecule has 4 aliphatic carbocycles.